The van der Waals surface area contributed by atoms with Gasteiger partial charge in [0, 0.05) is 37.3 Å². The summed E-state index contributed by atoms with van der Waals surface area (Å²) in [6, 6.07) is 5.76. The van der Waals surface area contributed by atoms with Crippen molar-refractivity contribution in [3.63, 3.8) is 0 Å². The van der Waals surface area contributed by atoms with Crippen LogP contribution in [0.15, 0.2) is 34.6 Å². The molecule has 1 aromatic carbocycles. The average molecular weight is 390 g/mol. The van der Waals surface area contributed by atoms with E-state index in [-0.39, 0.29) is 18.0 Å². The third-order valence-electron chi connectivity index (χ3n) is 4.76. The van der Waals surface area contributed by atoms with Crippen molar-refractivity contribution >= 4 is 23.2 Å². The van der Waals surface area contributed by atoms with Crippen molar-refractivity contribution in [2.45, 2.75) is 20.4 Å². The van der Waals surface area contributed by atoms with Crippen LogP contribution in [0.5, 0.6) is 0 Å². The van der Waals surface area contributed by atoms with E-state index in [1.165, 1.54) is 29.5 Å². The predicted molar refractivity (Wildman–Crippen MR) is 102 cm³/mol. The van der Waals surface area contributed by atoms with Crippen LogP contribution in [0.3, 0.4) is 0 Å². The number of likely N-dealkylation sites (N-methyl/N-ethyl adjacent to an activating group) is 1. The summed E-state index contributed by atoms with van der Waals surface area (Å²) in [5, 5.41) is 1.84. The summed E-state index contributed by atoms with van der Waals surface area (Å²) in [5.74, 6) is -1.24. The topological polar surface area (TPSA) is 57.9 Å². The molecule has 6 nitrogen and oxygen atoms in total. The van der Waals surface area contributed by atoms with E-state index in [1.807, 2.05) is 17.2 Å². The van der Waals surface area contributed by atoms with Crippen molar-refractivity contribution in [3.8, 4) is 0 Å². The lowest BCUT2D eigenvalue weighted by Crippen LogP contribution is -2.49. The minimum Gasteiger partial charge on any atom is -0.339 e. The third-order valence-corrected chi connectivity index (χ3v) is 5.74. The highest BCUT2D eigenvalue weighted by Crippen LogP contribution is 2.09. The Morgan fingerprint density at radius 2 is 1.89 bits per heavy atom. The normalized spacial score (nSPS) is 16.0. The fourth-order valence-corrected chi connectivity index (χ4v) is 3.90. The van der Waals surface area contributed by atoms with Gasteiger partial charge in [-0.2, -0.15) is 4.99 Å². The maximum absolute atomic E-state index is 13.8. The quantitative estimate of drug-likeness (QED) is 0.801. The molecule has 0 spiro atoms. The number of nitrogens with zero attached hydrogens (tertiary/aromatic N) is 4. The first-order valence-electron chi connectivity index (χ1n) is 8.98. The lowest BCUT2D eigenvalue weighted by molar-refractivity contribution is -0.133. The molecule has 1 fully saturated rings. The molecule has 0 atom stereocenters. The van der Waals surface area contributed by atoms with E-state index in [2.05, 4.69) is 16.8 Å². The number of carbonyl (C=O) groups is 2. The van der Waals surface area contributed by atoms with Gasteiger partial charge < -0.3 is 14.4 Å². The highest BCUT2D eigenvalue weighted by molar-refractivity contribution is 7.07. The molecule has 27 heavy (non-hydrogen) atoms. The predicted octanol–water partition coefficient (Wildman–Crippen LogP) is 1.90. The Morgan fingerprint density at radius 1 is 1.19 bits per heavy atom. The molecule has 144 valence electrons. The van der Waals surface area contributed by atoms with Crippen LogP contribution < -0.4 is 4.80 Å². The number of aryl methyl sites for hydroxylation is 1. The highest BCUT2D eigenvalue weighted by Gasteiger charge is 2.21. The summed E-state index contributed by atoms with van der Waals surface area (Å²) in [5.41, 5.74) is 0.776. The fourth-order valence-electron chi connectivity index (χ4n) is 3.03. The van der Waals surface area contributed by atoms with Gasteiger partial charge >= 0.3 is 0 Å². The van der Waals surface area contributed by atoms with Gasteiger partial charge in [-0.15, -0.1) is 11.3 Å². The number of aromatic nitrogens is 1. The van der Waals surface area contributed by atoms with Crippen molar-refractivity contribution in [2.24, 2.45) is 4.99 Å². The standard InChI is InChI=1S/C19H23FN4O2S/c1-3-22-8-10-23(11-9-22)17(25)12-24-14(2)13-27-19(24)21-18(26)15-6-4-5-7-16(15)20/h4-7,13H,3,8-12H2,1-2H3. The first-order chi connectivity index (χ1) is 13.0. The molecule has 0 aliphatic carbocycles. The number of piperazine rings is 1. The molecule has 0 N–H and O–H groups in total. The molecule has 1 aromatic heterocycles. The molecular weight excluding hydrogens is 367 g/mol. The van der Waals surface area contributed by atoms with E-state index in [0.29, 0.717) is 17.9 Å². The lowest BCUT2D eigenvalue weighted by Gasteiger charge is -2.34. The zero-order valence-electron chi connectivity index (χ0n) is 15.5. The van der Waals surface area contributed by atoms with Crippen LogP contribution in [0.2, 0.25) is 0 Å². The molecular formula is C19H23FN4O2S. The highest BCUT2D eigenvalue weighted by atomic mass is 32.1. The van der Waals surface area contributed by atoms with Gasteiger partial charge in [0.2, 0.25) is 5.91 Å². The number of benzene rings is 1. The van der Waals surface area contributed by atoms with Crippen molar-refractivity contribution in [1.29, 1.82) is 0 Å². The lowest BCUT2D eigenvalue weighted by atomic mass is 10.2. The number of halogens is 1. The summed E-state index contributed by atoms with van der Waals surface area (Å²) >= 11 is 1.27. The summed E-state index contributed by atoms with van der Waals surface area (Å²) in [6.45, 7) is 8.26. The first-order valence-corrected chi connectivity index (χ1v) is 9.86. The molecule has 0 bridgehead atoms. The summed E-state index contributed by atoms with van der Waals surface area (Å²) < 4.78 is 15.5. The van der Waals surface area contributed by atoms with Crippen molar-refractivity contribution in [1.82, 2.24) is 14.4 Å². The number of carbonyl (C=O) groups excluding carboxylic acids is 2. The Kier molecular flexibility index (Phi) is 6.18. The molecule has 0 radical (unpaired) electrons. The van der Waals surface area contributed by atoms with Crippen molar-refractivity contribution < 1.29 is 14.0 Å². The van der Waals surface area contributed by atoms with Crippen LogP contribution in [0.1, 0.15) is 23.0 Å². The second kappa shape index (κ2) is 8.58. The second-order valence-corrected chi connectivity index (χ2v) is 7.29. The first kappa shape index (κ1) is 19.4. The average Bonchev–Trinajstić information content (AvgIpc) is 3.01. The maximum atomic E-state index is 13.8. The van der Waals surface area contributed by atoms with E-state index in [4.69, 9.17) is 0 Å². The van der Waals surface area contributed by atoms with Gasteiger partial charge in [-0.25, -0.2) is 4.39 Å². The molecule has 8 heteroatoms. The molecule has 0 saturated carbocycles. The Morgan fingerprint density at radius 3 is 2.56 bits per heavy atom. The van der Waals surface area contributed by atoms with E-state index >= 15 is 0 Å². The van der Waals surface area contributed by atoms with Crippen LogP contribution in [0.25, 0.3) is 0 Å². The van der Waals surface area contributed by atoms with Crippen LogP contribution >= 0.6 is 11.3 Å². The van der Waals surface area contributed by atoms with Gasteiger partial charge in [-0.1, -0.05) is 19.1 Å². The van der Waals surface area contributed by atoms with Gasteiger partial charge in [-0.3, -0.25) is 9.59 Å². The van der Waals surface area contributed by atoms with Gasteiger partial charge in [-0.05, 0) is 25.6 Å². The fraction of sp³-hybridized carbons (Fsp3) is 0.421. The minimum atomic E-state index is -0.646. The monoisotopic (exact) mass is 390 g/mol. The maximum Gasteiger partial charge on any atom is 0.282 e. The smallest absolute Gasteiger partial charge is 0.282 e. The third kappa shape index (κ3) is 4.51. The summed E-state index contributed by atoms with van der Waals surface area (Å²) in [4.78, 5) is 33.6. The van der Waals surface area contributed by atoms with Gasteiger partial charge in [0.15, 0.2) is 4.80 Å². The van der Waals surface area contributed by atoms with Crippen molar-refractivity contribution in [2.75, 3.05) is 32.7 Å². The largest absolute Gasteiger partial charge is 0.339 e. The van der Waals surface area contributed by atoms with E-state index in [1.54, 1.807) is 10.6 Å². The van der Waals surface area contributed by atoms with Gasteiger partial charge in [0.1, 0.15) is 12.4 Å². The summed E-state index contributed by atoms with van der Waals surface area (Å²) in [6.07, 6.45) is 0. The molecule has 1 aliphatic rings. The van der Waals surface area contributed by atoms with E-state index < -0.39 is 11.7 Å². The molecule has 3 rings (SSSR count). The van der Waals surface area contributed by atoms with E-state index in [9.17, 15) is 14.0 Å². The van der Waals surface area contributed by atoms with Crippen molar-refractivity contribution in [3.05, 3.63) is 51.5 Å². The molecule has 2 heterocycles. The van der Waals surface area contributed by atoms with Gasteiger partial charge in [0.25, 0.3) is 5.91 Å². The SMILES string of the molecule is CCN1CCN(C(=O)Cn2c(C)csc2=NC(=O)c2ccccc2F)CC1. The number of thiazole rings is 1. The Bertz CT molecular complexity index is 897. The van der Waals surface area contributed by atoms with Crippen LogP contribution in [-0.4, -0.2) is 58.9 Å². The Labute approximate surface area is 161 Å². The second-order valence-electron chi connectivity index (χ2n) is 6.46. The summed E-state index contributed by atoms with van der Waals surface area (Å²) in [7, 11) is 0. The molecule has 1 saturated heterocycles. The number of hydrogen-bond donors (Lipinski definition) is 0. The minimum absolute atomic E-state index is 0.00652. The molecule has 2 aromatic rings. The zero-order chi connectivity index (χ0) is 19.4. The zero-order valence-corrected chi connectivity index (χ0v) is 16.3. The Balaban J connectivity index is 1.78. The molecule has 0 unspecified atom stereocenters. The van der Waals surface area contributed by atoms with Crippen LogP contribution in [0, 0.1) is 12.7 Å². The Hall–Kier alpha value is -2.32. The van der Waals surface area contributed by atoms with Crippen LogP contribution in [0.4, 0.5) is 4.39 Å². The molecule has 2 amide bonds. The number of hydrogen-bond acceptors (Lipinski definition) is 4. The van der Waals surface area contributed by atoms with E-state index in [0.717, 1.165) is 25.3 Å². The van der Waals surface area contributed by atoms with Crippen LogP contribution in [-0.2, 0) is 11.3 Å². The number of amides is 2. The molecule has 1 aliphatic heterocycles. The van der Waals surface area contributed by atoms with Gasteiger partial charge in [0.05, 0.1) is 5.56 Å². The number of rotatable bonds is 4.